The third-order valence-corrected chi connectivity index (χ3v) is 5.44. The maximum absolute atomic E-state index is 12.4. The molecular weight excluding hydrogens is 424 g/mol. The number of rotatable bonds is 7. The van der Waals surface area contributed by atoms with Gasteiger partial charge in [0.25, 0.3) is 5.91 Å². The van der Waals surface area contributed by atoms with Crippen molar-refractivity contribution in [3.63, 3.8) is 0 Å². The summed E-state index contributed by atoms with van der Waals surface area (Å²) in [6.45, 7) is 7.09. The van der Waals surface area contributed by atoms with E-state index < -0.39 is 30.4 Å². The molecule has 8 nitrogen and oxygen atoms in total. The average Bonchev–Trinajstić information content (AvgIpc) is 3.16. The Morgan fingerprint density at radius 2 is 1.79 bits per heavy atom. The second-order valence-corrected chi connectivity index (χ2v) is 8.31. The SMILES string of the molecule is Cc1cccc(NC(=O)COC(=O)[C@@H]2CC(=O)N(c3ccc(C(=O)OC(C)C)cc3)C2)c1C. The van der Waals surface area contributed by atoms with Crippen LogP contribution in [-0.2, 0) is 23.9 Å². The van der Waals surface area contributed by atoms with Crippen LogP contribution in [0.2, 0.25) is 0 Å². The van der Waals surface area contributed by atoms with Gasteiger partial charge in [0.2, 0.25) is 5.91 Å². The van der Waals surface area contributed by atoms with Crippen molar-refractivity contribution in [3.8, 4) is 0 Å². The first-order valence-electron chi connectivity index (χ1n) is 10.8. The Kier molecular flexibility index (Phi) is 7.48. The highest BCUT2D eigenvalue weighted by molar-refractivity contribution is 6.00. The lowest BCUT2D eigenvalue weighted by atomic mass is 10.1. The van der Waals surface area contributed by atoms with Crippen molar-refractivity contribution in [3.05, 3.63) is 59.2 Å². The molecule has 1 atom stereocenters. The number of anilines is 2. The molecule has 2 aromatic carbocycles. The van der Waals surface area contributed by atoms with Crippen LogP contribution < -0.4 is 10.2 Å². The fourth-order valence-corrected chi connectivity index (χ4v) is 3.50. The number of hydrogen-bond donors (Lipinski definition) is 1. The summed E-state index contributed by atoms with van der Waals surface area (Å²) in [6.07, 6.45) is -0.235. The van der Waals surface area contributed by atoms with Crippen LogP contribution >= 0.6 is 0 Å². The molecule has 0 bridgehead atoms. The van der Waals surface area contributed by atoms with Gasteiger partial charge in [0.15, 0.2) is 6.61 Å². The zero-order valence-corrected chi connectivity index (χ0v) is 19.2. The second-order valence-electron chi connectivity index (χ2n) is 8.31. The third-order valence-electron chi connectivity index (χ3n) is 5.44. The fourth-order valence-electron chi connectivity index (χ4n) is 3.50. The van der Waals surface area contributed by atoms with Crippen molar-refractivity contribution in [2.75, 3.05) is 23.4 Å². The van der Waals surface area contributed by atoms with Gasteiger partial charge >= 0.3 is 11.9 Å². The van der Waals surface area contributed by atoms with Gasteiger partial charge in [-0.15, -0.1) is 0 Å². The van der Waals surface area contributed by atoms with E-state index in [0.29, 0.717) is 16.9 Å². The van der Waals surface area contributed by atoms with Crippen LogP contribution in [0, 0.1) is 19.8 Å². The van der Waals surface area contributed by atoms with Crippen molar-refractivity contribution in [2.24, 2.45) is 5.92 Å². The number of benzene rings is 2. The van der Waals surface area contributed by atoms with Gasteiger partial charge in [-0.3, -0.25) is 14.4 Å². The molecule has 0 saturated carbocycles. The molecule has 1 heterocycles. The highest BCUT2D eigenvalue weighted by Gasteiger charge is 2.36. The van der Waals surface area contributed by atoms with E-state index in [2.05, 4.69) is 5.32 Å². The predicted molar refractivity (Wildman–Crippen MR) is 123 cm³/mol. The number of nitrogens with one attached hydrogen (secondary N) is 1. The van der Waals surface area contributed by atoms with Gasteiger partial charge in [0.1, 0.15) is 0 Å². The summed E-state index contributed by atoms with van der Waals surface area (Å²) in [5.41, 5.74) is 3.60. The molecule has 0 unspecified atom stereocenters. The van der Waals surface area contributed by atoms with E-state index in [1.54, 1.807) is 44.2 Å². The second kappa shape index (κ2) is 10.3. The van der Waals surface area contributed by atoms with Crippen LogP contribution in [0.15, 0.2) is 42.5 Å². The largest absolute Gasteiger partial charge is 0.459 e. The van der Waals surface area contributed by atoms with Crippen LogP contribution in [0.5, 0.6) is 0 Å². The third kappa shape index (κ3) is 5.97. The molecule has 1 fully saturated rings. The van der Waals surface area contributed by atoms with E-state index in [1.807, 2.05) is 26.0 Å². The smallest absolute Gasteiger partial charge is 0.338 e. The lowest BCUT2D eigenvalue weighted by Gasteiger charge is -2.17. The average molecular weight is 453 g/mol. The van der Waals surface area contributed by atoms with Crippen LogP contribution in [0.25, 0.3) is 0 Å². The molecule has 33 heavy (non-hydrogen) atoms. The van der Waals surface area contributed by atoms with E-state index in [9.17, 15) is 19.2 Å². The molecular formula is C25H28N2O6. The normalized spacial score (nSPS) is 15.5. The van der Waals surface area contributed by atoms with Gasteiger partial charge in [0.05, 0.1) is 17.6 Å². The van der Waals surface area contributed by atoms with Crippen LogP contribution in [0.1, 0.15) is 41.8 Å². The van der Waals surface area contributed by atoms with E-state index in [0.717, 1.165) is 11.1 Å². The van der Waals surface area contributed by atoms with E-state index in [1.165, 1.54) is 4.90 Å². The number of hydrogen-bond acceptors (Lipinski definition) is 6. The van der Waals surface area contributed by atoms with E-state index in [-0.39, 0.29) is 25.0 Å². The first-order chi connectivity index (χ1) is 15.7. The van der Waals surface area contributed by atoms with E-state index >= 15 is 0 Å². The molecule has 1 aliphatic heterocycles. The van der Waals surface area contributed by atoms with Gasteiger partial charge in [-0.05, 0) is 69.2 Å². The molecule has 1 saturated heterocycles. The number of esters is 2. The van der Waals surface area contributed by atoms with Crippen molar-refractivity contribution in [2.45, 2.75) is 40.2 Å². The van der Waals surface area contributed by atoms with Crippen molar-refractivity contribution < 1.29 is 28.7 Å². The molecule has 8 heteroatoms. The standard InChI is InChI=1S/C25H28N2O6/c1-15(2)33-25(31)18-8-10-20(11-9-18)27-13-19(12-23(27)29)24(30)32-14-22(28)26-21-7-5-6-16(3)17(21)4/h5-11,15,19H,12-14H2,1-4H3,(H,26,28)/t19-/m1/s1. The molecule has 0 aromatic heterocycles. The topological polar surface area (TPSA) is 102 Å². The Balaban J connectivity index is 1.54. The molecule has 0 aliphatic carbocycles. The summed E-state index contributed by atoms with van der Waals surface area (Å²) in [5.74, 6) is -2.38. The lowest BCUT2D eigenvalue weighted by Crippen LogP contribution is -2.28. The lowest BCUT2D eigenvalue weighted by molar-refractivity contribution is -0.151. The van der Waals surface area contributed by atoms with E-state index in [4.69, 9.17) is 9.47 Å². The van der Waals surface area contributed by atoms with Gasteiger partial charge in [-0.1, -0.05) is 12.1 Å². The number of amides is 2. The maximum Gasteiger partial charge on any atom is 0.338 e. The summed E-state index contributed by atoms with van der Waals surface area (Å²) in [5, 5.41) is 2.74. The molecule has 1 aliphatic rings. The number of carbonyl (C=O) groups is 4. The van der Waals surface area contributed by atoms with Crippen molar-refractivity contribution in [1.82, 2.24) is 0 Å². The number of carbonyl (C=O) groups excluding carboxylic acids is 4. The Labute approximate surface area is 192 Å². The zero-order valence-electron chi connectivity index (χ0n) is 19.2. The first-order valence-corrected chi connectivity index (χ1v) is 10.8. The molecule has 174 valence electrons. The number of nitrogens with zero attached hydrogens (tertiary/aromatic N) is 1. The van der Waals surface area contributed by atoms with Crippen molar-refractivity contribution >= 4 is 35.1 Å². The Hall–Kier alpha value is -3.68. The Morgan fingerprint density at radius 1 is 1.09 bits per heavy atom. The molecule has 3 rings (SSSR count). The summed E-state index contributed by atoms with van der Waals surface area (Å²) >= 11 is 0. The van der Waals surface area contributed by atoms with Gasteiger partial charge < -0.3 is 19.7 Å². The molecule has 0 spiro atoms. The minimum Gasteiger partial charge on any atom is -0.459 e. The summed E-state index contributed by atoms with van der Waals surface area (Å²) in [4.78, 5) is 50.5. The minimum atomic E-state index is -0.670. The maximum atomic E-state index is 12.4. The molecule has 0 radical (unpaired) electrons. The highest BCUT2D eigenvalue weighted by atomic mass is 16.5. The van der Waals surface area contributed by atoms with Crippen molar-refractivity contribution in [1.29, 1.82) is 0 Å². The zero-order chi connectivity index (χ0) is 24.1. The highest BCUT2D eigenvalue weighted by Crippen LogP contribution is 2.26. The summed E-state index contributed by atoms with van der Waals surface area (Å²) in [7, 11) is 0. The quantitative estimate of drug-likeness (QED) is 0.646. The Morgan fingerprint density at radius 3 is 2.45 bits per heavy atom. The number of aryl methyl sites for hydroxylation is 1. The van der Waals surface area contributed by atoms with Crippen LogP contribution in [-0.4, -0.2) is 43.0 Å². The van der Waals surface area contributed by atoms with Gasteiger partial charge in [-0.2, -0.15) is 0 Å². The summed E-state index contributed by atoms with van der Waals surface area (Å²) in [6, 6.07) is 12.0. The monoisotopic (exact) mass is 452 g/mol. The summed E-state index contributed by atoms with van der Waals surface area (Å²) < 4.78 is 10.3. The first kappa shape index (κ1) is 24.0. The van der Waals surface area contributed by atoms with Crippen LogP contribution in [0.3, 0.4) is 0 Å². The fraction of sp³-hybridized carbons (Fsp3) is 0.360. The van der Waals surface area contributed by atoms with Gasteiger partial charge in [0, 0.05) is 24.3 Å². The Bertz CT molecular complexity index is 1060. The minimum absolute atomic E-state index is 0.00537. The molecule has 2 amide bonds. The predicted octanol–water partition coefficient (Wildman–Crippen LogP) is 3.40. The number of ether oxygens (including phenoxy) is 2. The molecule has 2 aromatic rings. The van der Waals surface area contributed by atoms with Gasteiger partial charge in [-0.25, -0.2) is 4.79 Å². The van der Waals surface area contributed by atoms with Crippen LogP contribution in [0.4, 0.5) is 11.4 Å². The molecule has 1 N–H and O–H groups in total.